The van der Waals surface area contributed by atoms with E-state index in [9.17, 15) is 29.4 Å². The maximum absolute atomic E-state index is 12.5. The van der Waals surface area contributed by atoms with E-state index in [1.165, 1.54) is 12.1 Å². The Morgan fingerprint density at radius 3 is 1.95 bits per heavy atom. The van der Waals surface area contributed by atoms with E-state index in [0.29, 0.717) is 39.0 Å². The molecule has 0 bridgehead atoms. The van der Waals surface area contributed by atoms with Crippen LogP contribution in [0.2, 0.25) is 0 Å². The summed E-state index contributed by atoms with van der Waals surface area (Å²) in [6.45, 7) is 6.69. The predicted octanol–water partition coefficient (Wildman–Crippen LogP) is -1.31. The maximum atomic E-state index is 12.5. The minimum Gasteiger partial charge on any atom is -0.508 e. The molecule has 0 aliphatic carbocycles. The Kier molecular flexibility index (Phi) is 21.0. The molecule has 4 amide bonds. The van der Waals surface area contributed by atoms with Crippen molar-refractivity contribution in [3.8, 4) is 11.5 Å². The highest BCUT2D eigenvalue weighted by Crippen LogP contribution is 2.22. The summed E-state index contributed by atoms with van der Waals surface area (Å²) in [5.74, 6) is -2.13. The number of phenols is 2. The van der Waals surface area contributed by atoms with Crippen molar-refractivity contribution in [2.24, 2.45) is 11.5 Å². The molecule has 1 atom stereocenters. The van der Waals surface area contributed by atoms with Gasteiger partial charge in [-0.1, -0.05) is 6.07 Å². The van der Waals surface area contributed by atoms with Gasteiger partial charge in [0.05, 0.1) is 12.8 Å². The average molecular weight is 609 g/mol. The van der Waals surface area contributed by atoms with Gasteiger partial charge in [0.2, 0.25) is 23.6 Å². The third-order valence-corrected chi connectivity index (χ3v) is 6.45. The number of phenolic OH excluding ortho intramolecular Hbond substituents is 2. The fourth-order valence-electron chi connectivity index (χ4n) is 4.08. The van der Waals surface area contributed by atoms with Crippen molar-refractivity contribution in [2.75, 3.05) is 58.9 Å². The summed E-state index contributed by atoms with van der Waals surface area (Å²) in [5, 5.41) is 37.3. The van der Waals surface area contributed by atoms with Crippen LogP contribution in [-0.4, -0.2) is 98.8 Å². The van der Waals surface area contributed by atoms with Crippen molar-refractivity contribution in [2.45, 2.75) is 63.8 Å². The van der Waals surface area contributed by atoms with Gasteiger partial charge >= 0.3 is 0 Å². The molecule has 1 rings (SSSR count). The third-order valence-electron chi connectivity index (χ3n) is 6.45. The van der Waals surface area contributed by atoms with Crippen molar-refractivity contribution in [1.29, 1.82) is 0 Å². The summed E-state index contributed by atoms with van der Waals surface area (Å²) < 4.78 is 0. The van der Waals surface area contributed by atoms with Crippen LogP contribution >= 0.6 is 0 Å². The van der Waals surface area contributed by atoms with Crippen molar-refractivity contribution < 1.29 is 29.4 Å². The minimum atomic E-state index is -1.12. The summed E-state index contributed by atoms with van der Waals surface area (Å²) in [6.07, 6.45) is 5.32. The number of carbonyl (C=O) groups excluding carboxylic acids is 4. The highest BCUT2D eigenvalue weighted by molar-refractivity contribution is 5.92. The van der Waals surface area contributed by atoms with E-state index in [1.54, 1.807) is 0 Å². The van der Waals surface area contributed by atoms with Crippen molar-refractivity contribution in [3.63, 3.8) is 0 Å². The van der Waals surface area contributed by atoms with Crippen LogP contribution in [0.1, 0.15) is 56.9 Å². The van der Waals surface area contributed by atoms with Gasteiger partial charge in [0, 0.05) is 37.7 Å². The zero-order valence-corrected chi connectivity index (χ0v) is 25.2. The Morgan fingerprint density at radius 2 is 1.30 bits per heavy atom. The van der Waals surface area contributed by atoms with E-state index in [4.69, 9.17) is 11.5 Å². The molecule has 43 heavy (non-hydrogen) atoms. The number of nitrogens with one attached hydrogen (secondary N) is 6. The molecule has 1 aromatic rings. The fraction of sp³-hybridized carbons (Fsp3) is 0.655. The molecule has 0 fully saturated rings. The number of unbranched alkanes of at least 4 members (excludes halogenated alkanes) is 2. The summed E-state index contributed by atoms with van der Waals surface area (Å²) in [5.41, 5.74) is 11.0. The molecule has 0 aromatic heterocycles. The van der Waals surface area contributed by atoms with Crippen LogP contribution in [0.4, 0.5) is 0 Å². The number of amides is 4. The lowest BCUT2D eigenvalue weighted by molar-refractivity contribution is -0.131. The molecular formula is C29H52N8O6. The minimum absolute atomic E-state index is 0.0659. The van der Waals surface area contributed by atoms with Gasteiger partial charge in [-0.2, -0.15) is 0 Å². The molecule has 14 nitrogen and oxygen atoms in total. The van der Waals surface area contributed by atoms with Gasteiger partial charge in [0.25, 0.3) is 0 Å². The fourth-order valence-corrected chi connectivity index (χ4v) is 4.08. The number of aromatic hydroxyl groups is 2. The molecule has 1 aromatic carbocycles. The van der Waals surface area contributed by atoms with Crippen LogP contribution in [-0.2, 0) is 25.6 Å². The standard InChI is InChI=1S/C29H52N8O6/c30-10-1-2-11-34-18-9-27(41)35-17-6-15-33-14-5-13-32-12-3-4-16-36-29(43)24(21-26(31)40)37-28(42)19-22-7-8-23(38)20-25(22)39/h7-8,20,24,32-34,38-39H,1-6,9-19,21,30H2,(H2,31,40)(H,35,41)(H,36,43)(H,37,42)/t24-/m0/s1. The molecule has 0 spiro atoms. The van der Waals surface area contributed by atoms with Crippen LogP contribution in [0, 0.1) is 0 Å². The molecule has 14 heteroatoms. The first-order chi connectivity index (χ1) is 20.7. The molecule has 0 saturated heterocycles. The highest BCUT2D eigenvalue weighted by atomic mass is 16.3. The second-order valence-corrected chi connectivity index (χ2v) is 10.3. The molecule has 0 aliphatic rings. The lowest BCUT2D eigenvalue weighted by Gasteiger charge is -2.17. The number of benzene rings is 1. The van der Waals surface area contributed by atoms with Crippen molar-refractivity contribution in [3.05, 3.63) is 23.8 Å². The van der Waals surface area contributed by atoms with Gasteiger partial charge in [-0.25, -0.2) is 0 Å². The molecule has 0 aliphatic heterocycles. The number of carbonyl (C=O) groups is 4. The SMILES string of the molecule is NCCCCNCCC(=O)NCCCNCCCNCCCCNC(=O)[C@H](CC(N)=O)NC(=O)Cc1ccc(O)cc1O. The average Bonchev–Trinajstić information content (AvgIpc) is 2.95. The number of hydrogen-bond acceptors (Lipinski definition) is 10. The van der Waals surface area contributed by atoms with Crippen molar-refractivity contribution >= 4 is 23.6 Å². The molecule has 0 unspecified atom stereocenters. The zero-order chi connectivity index (χ0) is 31.7. The van der Waals surface area contributed by atoms with Crippen LogP contribution in [0.25, 0.3) is 0 Å². The van der Waals surface area contributed by atoms with Gasteiger partial charge in [0.1, 0.15) is 17.5 Å². The molecule has 0 heterocycles. The number of hydrogen-bond donors (Lipinski definition) is 10. The summed E-state index contributed by atoms with van der Waals surface area (Å²) in [4.78, 5) is 48.1. The Balaban J connectivity index is 2.04. The highest BCUT2D eigenvalue weighted by Gasteiger charge is 2.23. The lowest BCUT2D eigenvalue weighted by atomic mass is 10.1. The summed E-state index contributed by atoms with van der Waals surface area (Å²) in [6, 6.07) is 2.73. The third kappa shape index (κ3) is 20.1. The lowest BCUT2D eigenvalue weighted by Crippen LogP contribution is -2.49. The van der Waals surface area contributed by atoms with E-state index < -0.39 is 23.8 Å². The Bertz CT molecular complexity index is 965. The molecule has 12 N–H and O–H groups in total. The van der Waals surface area contributed by atoms with Gasteiger partial charge < -0.3 is 53.6 Å². The van der Waals surface area contributed by atoms with Crippen LogP contribution < -0.4 is 43.4 Å². The van der Waals surface area contributed by atoms with Crippen molar-refractivity contribution in [1.82, 2.24) is 31.9 Å². The molecule has 0 saturated carbocycles. The second-order valence-electron chi connectivity index (χ2n) is 10.3. The van der Waals surface area contributed by atoms with E-state index in [2.05, 4.69) is 31.9 Å². The van der Waals surface area contributed by atoms with E-state index >= 15 is 0 Å². The first kappa shape index (κ1) is 37.6. The van der Waals surface area contributed by atoms with Gasteiger partial charge in [-0.05, 0) is 83.9 Å². The number of rotatable bonds is 26. The molecular weight excluding hydrogens is 556 g/mol. The van der Waals surface area contributed by atoms with E-state index in [-0.39, 0.29) is 35.8 Å². The Morgan fingerprint density at radius 1 is 0.721 bits per heavy atom. The molecule has 0 radical (unpaired) electrons. The Labute approximate surface area is 254 Å². The number of primary amides is 1. The van der Waals surface area contributed by atoms with Crippen LogP contribution in [0.5, 0.6) is 11.5 Å². The normalized spacial score (nSPS) is 11.6. The topological polar surface area (TPSA) is 233 Å². The van der Waals surface area contributed by atoms with Crippen LogP contribution in [0.15, 0.2) is 18.2 Å². The first-order valence-electron chi connectivity index (χ1n) is 15.2. The first-order valence-corrected chi connectivity index (χ1v) is 15.2. The smallest absolute Gasteiger partial charge is 0.243 e. The van der Waals surface area contributed by atoms with Crippen LogP contribution in [0.3, 0.4) is 0 Å². The quantitative estimate of drug-likeness (QED) is 0.0558. The monoisotopic (exact) mass is 608 g/mol. The van der Waals surface area contributed by atoms with Gasteiger partial charge in [0.15, 0.2) is 0 Å². The summed E-state index contributed by atoms with van der Waals surface area (Å²) >= 11 is 0. The zero-order valence-electron chi connectivity index (χ0n) is 25.2. The second kappa shape index (κ2) is 24.0. The number of nitrogens with two attached hydrogens (primary N) is 2. The summed E-state index contributed by atoms with van der Waals surface area (Å²) in [7, 11) is 0. The maximum Gasteiger partial charge on any atom is 0.243 e. The Hall–Kier alpha value is -3.46. The predicted molar refractivity (Wildman–Crippen MR) is 165 cm³/mol. The largest absolute Gasteiger partial charge is 0.508 e. The molecule has 244 valence electrons. The van der Waals surface area contributed by atoms with E-state index in [0.717, 1.165) is 70.9 Å². The van der Waals surface area contributed by atoms with E-state index in [1.807, 2.05) is 0 Å². The van der Waals surface area contributed by atoms with Gasteiger partial charge in [-0.3, -0.25) is 19.2 Å². The van der Waals surface area contributed by atoms with Gasteiger partial charge in [-0.15, -0.1) is 0 Å².